The molecule has 1 nitrogen and oxygen atoms in total. The van der Waals surface area contributed by atoms with Crippen molar-refractivity contribution < 1.29 is 0 Å². The largest absolute Gasteiger partial charge is 0.309 e. The van der Waals surface area contributed by atoms with Crippen LogP contribution in [0.25, 0.3) is 0 Å². The average Bonchev–Trinajstić information content (AvgIpc) is 2.82. The molecule has 1 fully saturated rings. The molecular formula is C29H55N. The van der Waals surface area contributed by atoms with E-state index in [0.717, 1.165) is 18.3 Å². The Morgan fingerprint density at radius 2 is 1.37 bits per heavy atom. The lowest BCUT2D eigenvalue weighted by molar-refractivity contribution is 0.279. The predicted molar refractivity (Wildman–Crippen MR) is 142 cm³/mol. The molecule has 0 radical (unpaired) electrons. The molecule has 1 aliphatic carbocycles. The fourth-order valence-corrected chi connectivity index (χ4v) is 3.02. The Labute approximate surface area is 191 Å². The molecule has 0 aliphatic heterocycles. The summed E-state index contributed by atoms with van der Waals surface area (Å²) < 4.78 is 0. The van der Waals surface area contributed by atoms with Gasteiger partial charge in [0.15, 0.2) is 0 Å². The molecule has 0 bridgehead atoms. The van der Waals surface area contributed by atoms with Gasteiger partial charge in [0.1, 0.15) is 0 Å². The lowest BCUT2D eigenvalue weighted by Crippen LogP contribution is -2.12. The third-order valence-corrected chi connectivity index (χ3v) is 5.24. The SMILES string of the molecule is CC.CC.CC(C)C1CCCCC1.CC(C)c1ccccc1.CCC(C)/C=C\C=N. The molecule has 1 aliphatic rings. The number of hydrogen-bond acceptors (Lipinski definition) is 1. The van der Waals surface area contributed by atoms with Crippen molar-refractivity contribution in [1.29, 1.82) is 5.41 Å². The van der Waals surface area contributed by atoms with Crippen LogP contribution in [0.1, 0.15) is 119 Å². The van der Waals surface area contributed by atoms with Crippen molar-refractivity contribution in [3.63, 3.8) is 0 Å². The van der Waals surface area contributed by atoms with Crippen molar-refractivity contribution >= 4 is 6.21 Å². The fraction of sp³-hybridized carbons (Fsp3) is 0.690. The second kappa shape index (κ2) is 25.7. The summed E-state index contributed by atoms with van der Waals surface area (Å²) in [6, 6.07) is 10.5. The smallest absolute Gasteiger partial charge is 0.0174 e. The second-order valence-electron chi connectivity index (χ2n) is 8.14. The average molecular weight is 418 g/mol. The highest BCUT2D eigenvalue weighted by atomic mass is 14.3. The molecule has 0 spiro atoms. The standard InChI is InChI=1S/C9H18.C9H12.C7H13N.2C2H6/c2*1-8(2)9-6-4-3-5-7-9;1-3-7(2)5-4-6-8;2*1-2/h8-9H,3-7H2,1-2H3;3-8H,1-2H3;4-8H,3H2,1-2H3;2*1-2H3/b;;5-4-,8-6?;;. The first-order valence-corrected chi connectivity index (χ1v) is 12.6. The van der Waals surface area contributed by atoms with Crippen LogP contribution in [0.5, 0.6) is 0 Å². The summed E-state index contributed by atoms with van der Waals surface area (Å²) in [5, 5.41) is 6.66. The number of rotatable bonds is 5. The van der Waals surface area contributed by atoms with E-state index in [2.05, 4.69) is 65.8 Å². The molecule has 2 rings (SSSR count). The second-order valence-corrected chi connectivity index (χ2v) is 8.14. The zero-order valence-electron chi connectivity index (χ0n) is 22.2. The van der Waals surface area contributed by atoms with Gasteiger partial charge in [-0.2, -0.15) is 0 Å². The van der Waals surface area contributed by atoms with Gasteiger partial charge in [-0.05, 0) is 35.3 Å². The van der Waals surface area contributed by atoms with Gasteiger partial charge in [-0.1, -0.05) is 144 Å². The van der Waals surface area contributed by atoms with Gasteiger partial charge >= 0.3 is 0 Å². The van der Waals surface area contributed by atoms with Crippen molar-refractivity contribution in [2.45, 2.75) is 114 Å². The third kappa shape index (κ3) is 21.3. The van der Waals surface area contributed by atoms with E-state index in [9.17, 15) is 0 Å². The first-order valence-electron chi connectivity index (χ1n) is 12.6. The number of nitrogens with one attached hydrogen (secondary N) is 1. The highest BCUT2D eigenvalue weighted by Crippen LogP contribution is 2.29. The van der Waals surface area contributed by atoms with Gasteiger partial charge in [-0.3, -0.25) is 0 Å². The highest BCUT2D eigenvalue weighted by molar-refractivity contribution is 5.67. The number of allylic oxidation sites excluding steroid dienone is 2. The van der Waals surface area contributed by atoms with Gasteiger partial charge in [0.05, 0.1) is 0 Å². The van der Waals surface area contributed by atoms with E-state index in [1.54, 1.807) is 6.08 Å². The van der Waals surface area contributed by atoms with Gasteiger partial charge in [0, 0.05) is 6.21 Å². The Morgan fingerprint density at radius 3 is 1.67 bits per heavy atom. The lowest BCUT2D eigenvalue weighted by atomic mass is 9.82. The van der Waals surface area contributed by atoms with Crippen LogP contribution in [0, 0.1) is 23.2 Å². The summed E-state index contributed by atoms with van der Waals surface area (Å²) in [5.41, 5.74) is 1.41. The minimum absolute atomic E-state index is 0.622. The maximum absolute atomic E-state index is 6.66. The molecule has 0 amide bonds. The van der Waals surface area contributed by atoms with Crippen LogP contribution >= 0.6 is 0 Å². The molecule has 1 saturated carbocycles. The Morgan fingerprint density at radius 1 is 0.867 bits per heavy atom. The molecular weight excluding hydrogens is 362 g/mol. The molecule has 30 heavy (non-hydrogen) atoms. The van der Waals surface area contributed by atoms with Crippen molar-refractivity contribution in [2.24, 2.45) is 17.8 Å². The van der Waals surface area contributed by atoms with Gasteiger partial charge < -0.3 is 5.41 Å². The van der Waals surface area contributed by atoms with E-state index in [1.165, 1.54) is 43.9 Å². The van der Waals surface area contributed by atoms with Crippen molar-refractivity contribution in [3.05, 3.63) is 48.0 Å². The summed E-state index contributed by atoms with van der Waals surface area (Å²) in [7, 11) is 0. The van der Waals surface area contributed by atoms with E-state index in [-0.39, 0.29) is 0 Å². The van der Waals surface area contributed by atoms with Crippen molar-refractivity contribution in [3.8, 4) is 0 Å². The minimum atomic E-state index is 0.622. The summed E-state index contributed by atoms with van der Waals surface area (Å²) in [6.07, 6.45) is 13.7. The predicted octanol–water partition coefficient (Wildman–Crippen LogP) is 10.3. The lowest BCUT2D eigenvalue weighted by Gasteiger charge is -2.24. The number of benzene rings is 1. The van der Waals surface area contributed by atoms with E-state index in [0.29, 0.717) is 11.8 Å². The van der Waals surface area contributed by atoms with Crippen LogP contribution < -0.4 is 0 Å². The summed E-state index contributed by atoms with van der Waals surface area (Å²) in [4.78, 5) is 0. The monoisotopic (exact) mass is 417 g/mol. The fourth-order valence-electron chi connectivity index (χ4n) is 3.02. The molecule has 1 unspecified atom stereocenters. The number of hydrogen-bond donors (Lipinski definition) is 1. The summed E-state index contributed by atoms with van der Waals surface area (Å²) in [5.74, 6) is 3.27. The van der Waals surface area contributed by atoms with Crippen LogP contribution in [0.15, 0.2) is 42.5 Å². The van der Waals surface area contributed by atoms with Crippen LogP contribution in [0.3, 0.4) is 0 Å². The van der Waals surface area contributed by atoms with Gasteiger partial charge in [-0.25, -0.2) is 0 Å². The normalized spacial score (nSPS) is 14.1. The Kier molecular flexibility index (Phi) is 28.5. The molecule has 1 aromatic rings. The van der Waals surface area contributed by atoms with Crippen molar-refractivity contribution in [1.82, 2.24) is 0 Å². The van der Waals surface area contributed by atoms with Gasteiger partial charge in [-0.15, -0.1) is 0 Å². The molecule has 1 heteroatoms. The molecule has 176 valence electrons. The van der Waals surface area contributed by atoms with E-state index in [4.69, 9.17) is 5.41 Å². The van der Waals surface area contributed by atoms with Crippen LogP contribution in [0.4, 0.5) is 0 Å². The van der Waals surface area contributed by atoms with E-state index in [1.807, 2.05) is 39.8 Å². The quantitative estimate of drug-likeness (QED) is 0.461. The molecule has 0 aromatic heterocycles. The van der Waals surface area contributed by atoms with Crippen LogP contribution in [-0.2, 0) is 0 Å². The van der Waals surface area contributed by atoms with Gasteiger partial charge in [0.2, 0.25) is 0 Å². The Balaban J connectivity index is -0.000000337. The highest BCUT2D eigenvalue weighted by Gasteiger charge is 2.15. The summed E-state index contributed by atoms with van der Waals surface area (Å²) in [6.45, 7) is 21.4. The maximum atomic E-state index is 6.66. The Hall–Kier alpha value is -1.37. The first-order chi connectivity index (χ1) is 14.4. The zero-order chi connectivity index (χ0) is 23.8. The molecule has 1 atom stereocenters. The molecule has 0 heterocycles. The maximum Gasteiger partial charge on any atom is 0.0174 e. The van der Waals surface area contributed by atoms with Crippen LogP contribution in [0.2, 0.25) is 0 Å². The van der Waals surface area contributed by atoms with Gasteiger partial charge in [0.25, 0.3) is 0 Å². The molecule has 0 saturated heterocycles. The Bertz CT molecular complexity index is 453. The first kappa shape index (κ1) is 33.3. The minimum Gasteiger partial charge on any atom is -0.309 e. The van der Waals surface area contributed by atoms with Crippen LogP contribution in [-0.4, -0.2) is 6.21 Å². The van der Waals surface area contributed by atoms with E-state index >= 15 is 0 Å². The van der Waals surface area contributed by atoms with Crippen molar-refractivity contribution in [2.75, 3.05) is 0 Å². The molecule has 1 aromatic carbocycles. The molecule has 1 N–H and O–H groups in total. The zero-order valence-corrected chi connectivity index (χ0v) is 22.2. The summed E-state index contributed by atoms with van der Waals surface area (Å²) >= 11 is 0. The topological polar surface area (TPSA) is 23.9 Å². The third-order valence-electron chi connectivity index (χ3n) is 5.24. The van der Waals surface area contributed by atoms with E-state index < -0.39 is 0 Å².